The first-order valence-electron chi connectivity index (χ1n) is 4.49. The quantitative estimate of drug-likeness (QED) is 0.710. The summed E-state index contributed by atoms with van der Waals surface area (Å²) in [7, 11) is 1.39. The largest absolute Gasteiger partial charge is 0.401 e. The fraction of sp³-hybridized carbons (Fsp3) is 1.00. The first-order chi connectivity index (χ1) is 6.37. The maximum Gasteiger partial charge on any atom is 0.401 e. The predicted molar refractivity (Wildman–Crippen MR) is 44.9 cm³/mol. The van der Waals surface area contributed by atoms with Crippen LogP contribution in [0, 0.1) is 0 Å². The van der Waals surface area contributed by atoms with Crippen LogP contribution in [-0.4, -0.2) is 50.0 Å². The molecule has 0 spiro atoms. The van der Waals surface area contributed by atoms with Gasteiger partial charge in [-0.3, -0.25) is 4.90 Å². The number of likely N-dealkylation sites (N-methyl/N-ethyl adjacent to an activating group) is 1. The molecule has 1 fully saturated rings. The molecule has 0 aromatic heterocycles. The number of rotatable bonds is 3. The molecule has 84 valence electrons. The Labute approximate surface area is 80.3 Å². The van der Waals surface area contributed by atoms with Crippen molar-refractivity contribution in [3.8, 4) is 0 Å². The molecule has 1 aliphatic rings. The Hall–Kier alpha value is -0.360. The van der Waals surface area contributed by atoms with Crippen molar-refractivity contribution in [2.45, 2.75) is 24.8 Å². The minimum absolute atomic E-state index is 0.155. The molecule has 0 aliphatic carbocycles. The Morgan fingerprint density at radius 1 is 1.43 bits per heavy atom. The van der Waals surface area contributed by atoms with E-state index in [9.17, 15) is 17.6 Å². The van der Waals surface area contributed by atoms with E-state index in [1.165, 1.54) is 7.05 Å². The van der Waals surface area contributed by atoms with Gasteiger partial charge in [-0.05, 0) is 13.5 Å². The van der Waals surface area contributed by atoms with Crippen LogP contribution in [0.25, 0.3) is 0 Å². The second kappa shape index (κ2) is 4.44. The molecule has 0 saturated carbocycles. The van der Waals surface area contributed by atoms with Crippen LogP contribution in [0.4, 0.5) is 17.6 Å². The monoisotopic (exact) mass is 214 g/mol. The summed E-state index contributed by atoms with van der Waals surface area (Å²) < 4.78 is 48.4. The maximum absolute atomic E-state index is 12.7. The number of halogens is 4. The Morgan fingerprint density at radius 2 is 2.07 bits per heavy atom. The lowest BCUT2D eigenvalue weighted by atomic mass is 10.2. The van der Waals surface area contributed by atoms with Crippen molar-refractivity contribution in [2.75, 3.05) is 26.7 Å². The molecular formula is C8H14F4N2. The van der Waals surface area contributed by atoms with Gasteiger partial charge >= 0.3 is 6.18 Å². The van der Waals surface area contributed by atoms with Gasteiger partial charge in [-0.25, -0.2) is 4.39 Å². The van der Waals surface area contributed by atoms with Gasteiger partial charge in [0.2, 0.25) is 0 Å². The van der Waals surface area contributed by atoms with E-state index in [4.69, 9.17) is 0 Å². The molecule has 2 nitrogen and oxygen atoms in total. The van der Waals surface area contributed by atoms with Crippen LogP contribution < -0.4 is 5.32 Å². The third-order valence-corrected chi connectivity index (χ3v) is 2.15. The molecule has 2 unspecified atom stereocenters. The number of hydrogen-bond donors (Lipinski definition) is 1. The van der Waals surface area contributed by atoms with E-state index in [-0.39, 0.29) is 19.1 Å². The van der Waals surface area contributed by atoms with Crippen LogP contribution in [0.5, 0.6) is 0 Å². The van der Waals surface area contributed by atoms with Crippen molar-refractivity contribution in [2.24, 2.45) is 0 Å². The van der Waals surface area contributed by atoms with Crippen molar-refractivity contribution in [3.05, 3.63) is 0 Å². The Balaban J connectivity index is 2.24. The highest BCUT2D eigenvalue weighted by Gasteiger charge is 2.31. The van der Waals surface area contributed by atoms with E-state index in [0.717, 1.165) is 4.90 Å². The standard InChI is InChI=1S/C8H14F4N2/c1-14(5-8(10,11)12)4-7-2-6(9)3-13-7/h6-7,13H,2-5H2,1H3. The maximum atomic E-state index is 12.7. The highest BCUT2D eigenvalue weighted by atomic mass is 19.4. The second-order valence-electron chi connectivity index (χ2n) is 3.75. The van der Waals surface area contributed by atoms with Gasteiger partial charge in [0.1, 0.15) is 6.17 Å². The van der Waals surface area contributed by atoms with Crippen molar-refractivity contribution in [1.29, 1.82) is 0 Å². The summed E-state index contributed by atoms with van der Waals surface area (Å²) in [4.78, 5) is 1.16. The van der Waals surface area contributed by atoms with Gasteiger partial charge in [0.05, 0.1) is 6.54 Å². The Kier molecular flexibility index (Phi) is 3.71. The number of alkyl halides is 4. The van der Waals surface area contributed by atoms with E-state index in [1.807, 2.05) is 0 Å². The lowest BCUT2D eigenvalue weighted by molar-refractivity contribution is -0.143. The van der Waals surface area contributed by atoms with E-state index < -0.39 is 18.9 Å². The average Bonchev–Trinajstić information content (AvgIpc) is 2.30. The SMILES string of the molecule is CN(CC1CC(F)CN1)CC(F)(F)F. The summed E-state index contributed by atoms with van der Waals surface area (Å²) in [5.74, 6) is 0. The van der Waals surface area contributed by atoms with Gasteiger partial charge < -0.3 is 5.32 Å². The first kappa shape index (κ1) is 11.7. The molecule has 14 heavy (non-hydrogen) atoms. The average molecular weight is 214 g/mol. The molecule has 1 N–H and O–H groups in total. The zero-order chi connectivity index (χ0) is 10.8. The molecule has 1 saturated heterocycles. The fourth-order valence-corrected chi connectivity index (χ4v) is 1.66. The summed E-state index contributed by atoms with van der Waals surface area (Å²) in [6.07, 6.45) is -4.79. The molecular weight excluding hydrogens is 200 g/mol. The van der Waals surface area contributed by atoms with E-state index >= 15 is 0 Å². The Bertz CT molecular complexity index is 183. The van der Waals surface area contributed by atoms with Crippen molar-refractivity contribution in [3.63, 3.8) is 0 Å². The zero-order valence-corrected chi connectivity index (χ0v) is 7.94. The minimum atomic E-state index is -4.18. The summed E-state index contributed by atoms with van der Waals surface area (Å²) in [6, 6.07) is -0.155. The van der Waals surface area contributed by atoms with E-state index in [1.54, 1.807) is 0 Å². The summed E-state index contributed by atoms with van der Waals surface area (Å²) >= 11 is 0. The molecule has 0 aromatic carbocycles. The third kappa shape index (κ3) is 4.23. The van der Waals surface area contributed by atoms with Gasteiger partial charge in [0.15, 0.2) is 0 Å². The lowest BCUT2D eigenvalue weighted by Crippen LogP contribution is -2.39. The first-order valence-corrected chi connectivity index (χ1v) is 4.49. The molecule has 1 heterocycles. The van der Waals surface area contributed by atoms with Crippen molar-refractivity contribution < 1.29 is 17.6 Å². The summed E-state index contributed by atoms with van der Waals surface area (Å²) in [6.45, 7) is -0.452. The molecule has 1 rings (SSSR count). The zero-order valence-electron chi connectivity index (χ0n) is 7.94. The normalized spacial score (nSPS) is 28.7. The Morgan fingerprint density at radius 3 is 2.50 bits per heavy atom. The smallest absolute Gasteiger partial charge is 0.310 e. The van der Waals surface area contributed by atoms with Crippen LogP contribution in [0.3, 0.4) is 0 Å². The fourth-order valence-electron chi connectivity index (χ4n) is 1.66. The number of hydrogen-bond acceptors (Lipinski definition) is 2. The van der Waals surface area contributed by atoms with E-state index in [2.05, 4.69) is 5.32 Å². The van der Waals surface area contributed by atoms with Gasteiger partial charge in [0, 0.05) is 19.1 Å². The van der Waals surface area contributed by atoms with Gasteiger partial charge in [-0.15, -0.1) is 0 Å². The topological polar surface area (TPSA) is 15.3 Å². The minimum Gasteiger partial charge on any atom is -0.310 e. The van der Waals surface area contributed by atoms with Gasteiger partial charge in [0.25, 0.3) is 0 Å². The lowest BCUT2D eigenvalue weighted by Gasteiger charge is -2.21. The number of nitrogens with zero attached hydrogens (tertiary/aromatic N) is 1. The highest BCUT2D eigenvalue weighted by Crippen LogP contribution is 2.17. The highest BCUT2D eigenvalue weighted by molar-refractivity contribution is 4.83. The third-order valence-electron chi connectivity index (χ3n) is 2.15. The summed E-state index contributed by atoms with van der Waals surface area (Å²) in [5, 5.41) is 2.84. The van der Waals surface area contributed by atoms with Gasteiger partial charge in [-0.1, -0.05) is 0 Å². The van der Waals surface area contributed by atoms with Crippen LogP contribution in [-0.2, 0) is 0 Å². The molecule has 1 aliphatic heterocycles. The van der Waals surface area contributed by atoms with E-state index in [0.29, 0.717) is 6.42 Å². The van der Waals surface area contributed by atoms with Crippen LogP contribution in [0.1, 0.15) is 6.42 Å². The molecule has 0 radical (unpaired) electrons. The molecule has 0 amide bonds. The van der Waals surface area contributed by atoms with Crippen molar-refractivity contribution >= 4 is 0 Å². The molecule has 0 aromatic rings. The van der Waals surface area contributed by atoms with Gasteiger partial charge in [-0.2, -0.15) is 13.2 Å². The molecule has 0 bridgehead atoms. The van der Waals surface area contributed by atoms with Crippen molar-refractivity contribution in [1.82, 2.24) is 10.2 Å². The number of nitrogens with one attached hydrogen (secondary N) is 1. The molecule has 6 heteroatoms. The predicted octanol–water partition coefficient (Wildman–Crippen LogP) is 1.18. The van der Waals surface area contributed by atoms with Crippen LogP contribution in [0.15, 0.2) is 0 Å². The van der Waals surface area contributed by atoms with Crippen LogP contribution in [0.2, 0.25) is 0 Å². The van der Waals surface area contributed by atoms with Crippen LogP contribution >= 0.6 is 0 Å². The summed E-state index contributed by atoms with van der Waals surface area (Å²) in [5.41, 5.74) is 0. The molecule has 2 atom stereocenters. The second-order valence-corrected chi connectivity index (χ2v) is 3.75.